The first kappa shape index (κ1) is 28.7. The maximum absolute atomic E-state index is 12.8. The predicted molar refractivity (Wildman–Crippen MR) is 138 cm³/mol. The molecule has 2 heterocycles. The maximum Gasteiger partial charge on any atom is 0.308 e. The first-order valence-corrected chi connectivity index (χ1v) is 12.5. The first-order valence-electron chi connectivity index (χ1n) is 12.5. The fourth-order valence-electron chi connectivity index (χ4n) is 4.67. The van der Waals surface area contributed by atoms with E-state index in [-0.39, 0.29) is 43.2 Å². The van der Waals surface area contributed by atoms with Crippen LogP contribution < -0.4 is 10.6 Å². The number of likely N-dealkylation sites (tertiary alicyclic amines) is 1. The molecule has 0 aliphatic carbocycles. The van der Waals surface area contributed by atoms with Crippen LogP contribution in [0.3, 0.4) is 0 Å². The monoisotopic (exact) mass is 503 g/mol. The third-order valence-electron chi connectivity index (χ3n) is 6.76. The van der Waals surface area contributed by atoms with Gasteiger partial charge in [0.15, 0.2) is 0 Å². The Morgan fingerprint density at radius 2 is 1.91 bits per heavy atom. The van der Waals surface area contributed by atoms with Crippen molar-refractivity contribution in [3.8, 4) is 12.3 Å². The number of carbonyl (C=O) groups is 3. The van der Waals surface area contributed by atoms with E-state index < -0.39 is 12.0 Å². The van der Waals surface area contributed by atoms with Gasteiger partial charge in [0.05, 0.1) is 18.9 Å². The molecule has 7 nitrogen and oxygen atoms in total. The molecule has 0 radical (unpaired) electrons. The predicted octanol–water partition coefficient (Wildman–Crippen LogP) is 2.72. The number of halogens is 1. The van der Waals surface area contributed by atoms with E-state index in [4.69, 9.17) is 11.2 Å². The molecule has 2 saturated heterocycles. The van der Waals surface area contributed by atoms with Crippen LogP contribution in [0.1, 0.15) is 50.5 Å². The van der Waals surface area contributed by atoms with E-state index in [9.17, 15) is 14.4 Å². The van der Waals surface area contributed by atoms with E-state index in [2.05, 4.69) is 16.6 Å². The molecule has 1 aromatic rings. The van der Waals surface area contributed by atoms with Crippen LogP contribution in [0.5, 0.6) is 0 Å². The topological polar surface area (TPSA) is 87.7 Å². The second-order valence-corrected chi connectivity index (χ2v) is 9.30. The highest BCUT2D eigenvalue weighted by atomic mass is 35.5. The summed E-state index contributed by atoms with van der Waals surface area (Å²) in [6.45, 7) is 3.44. The Hall–Kier alpha value is -2.56. The summed E-state index contributed by atoms with van der Waals surface area (Å²) >= 11 is 0. The number of amides is 2. The van der Waals surface area contributed by atoms with Gasteiger partial charge in [-0.05, 0) is 56.7 Å². The van der Waals surface area contributed by atoms with Gasteiger partial charge in [0.25, 0.3) is 0 Å². The quantitative estimate of drug-likeness (QED) is 0.378. The van der Waals surface area contributed by atoms with Crippen molar-refractivity contribution >= 4 is 30.2 Å². The van der Waals surface area contributed by atoms with E-state index in [1.165, 1.54) is 0 Å². The van der Waals surface area contributed by atoms with Gasteiger partial charge < -0.3 is 20.3 Å². The maximum atomic E-state index is 12.8. The average Bonchev–Trinajstić information content (AvgIpc) is 2.88. The molecule has 8 heteroatoms. The average molecular weight is 504 g/mol. The molecule has 35 heavy (non-hydrogen) atoms. The Kier molecular flexibility index (Phi) is 12.6. The standard InChI is InChI=1S/C27H37N3O4.ClH/c1-2-24(19-26(32)34-18-14-21-7-4-3-5-8-21)29-27(33)23-9-6-17-30(20-23)25(31)11-10-22-12-15-28-16-13-22;/h1,3-5,7-8,22-24,28H,6,9-20H2,(H,29,33);1H/t23-,24-;/m1./s1. The van der Waals surface area contributed by atoms with Crippen LogP contribution in [0.25, 0.3) is 0 Å². The number of hydrogen-bond acceptors (Lipinski definition) is 5. The number of piperidine rings is 2. The third kappa shape index (κ3) is 9.91. The lowest BCUT2D eigenvalue weighted by atomic mass is 9.92. The lowest BCUT2D eigenvalue weighted by Gasteiger charge is -2.33. The normalized spacial score (nSPS) is 19.1. The number of terminal acetylenes is 1. The van der Waals surface area contributed by atoms with Crippen molar-refractivity contribution in [2.75, 3.05) is 32.8 Å². The van der Waals surface area contributed by atoms with Crippen molar-refractivity contribution in [2.45, 2.75) is 57.4 Å². The molecular weight excluding hydrogens is 466 g/mol. The van der Waals surface area contributed by atoms with Crippen molar-refractivity contribution in [3.63, 3.8) is 0 Å². The number of esters is 1. The van der Waals surface area contributed by atoms with Gasteiger partial charge in [0, 0.05) is 25.9 Å². The number of carbonyl (C=O) groups excluding carboxylic acids is 3. The Labute approximate surface area is 215 Å². The second kappa shape index (κ2) is 15.4. The van der Waals surface area contributed by atoms with Crippen molar-refractivity contribution in [1.29, 1.82) is 0 Å². The van der Waals surface area contributed by atoms with Gasteiger partial charge >= 0.3 is 5.97 Å². The van der Waals surface area contributed by atoms with Crippen LogP contribution in [0.4, 0.5) is 0 Å². The Morgan fingerprint density at radius 3 is 2.63 bits per heavy atom. The minimum absolute atomic E-state index is 0. The van der Waals surface area contributed by atoms with Crippen molar-refractivity contribution < 1.29 is 19.1 Å². The number of hydrogen-bond donors (Lipinski definition) is 2. The molecule has 3 rings (SSSR count). The number of rotatable bonds is 10. The Bertz CT molecular complexity index is 852. The highest BCUT2D eigenvalue weighted by molar-refractivity contribution is 5.85. The summed E-state index contributed by atoms with van der Waals surface area (Å²) in [5.41, 5.74) is 1.09. The summed E-state index contributed by atoms with van der Waals surface area (Å²) in [5.74, 6) is 2.29. The molecule has 0 aromatic heterocycles. The van der Waals surface area contributed by atoms with Crippen molar-refractivity contribution in [3.05, 3.63) is 35.9 Å². The van der Waals surface area contributed by atoms with Gasteiger partial charge in [-0.25, -0.2) is 0 Å². The molecular formula is C27H38ClN3O4. The summed E-state index contributed by atoms with van der Waals surface area (Å²) in [4.78, 5) is 39.5. The minimum Gasteiger partial charge on any atom is -0.465 e. The summed E-state index contributed by atoms with van der Waals surface area (Å²) in [7, 11) is 0. The summed E-state index contributed by atoms with van der Waals surface area (Å²) in [6, 6.07) is 9.05. The molecule has 0 spiro atoms. The zero-order valence-corrected chi connectivity index (χ0v) is 21.2. The van der Waals surface area contributed by atoms with E-state index in [0.717, 1.165) is 44.3 Å². The van der Waals surface area contributed by atoms with E-state index in [1.54, 1.807) is 0 Å². The van der Waals surface area contributed by atoms with Crippen LogP contribution in [-0.4, -0.2) is 61.5 Å². The largest absolute Gasteiger partial charge is 0.465 e. The number of nitrogens with one attached hydrogen (secondary N) is 2. The second-order valence-electron chi connectivity index (χ2n) is 9.30. The van der Waals surface area contributed by atoms with Gasteiger partial charge in [0.2, 0.25) is 11.8 Å². The van der Waals surface area contributed by atoms with Crippen LogP contribution in [0.2, 0.25) is 0 Å². The number of benzene rings is 1. The SMILES string of the molecule is C#C[C@H](CC(=O)OCCc1ccccc1)NC(=O)[C@@H]1CCCN(C(=O)CCC2CCNCC2)C1.Cl. The van der Waals surface area contributed by atoms with Gasteiger partial charge in [-0.3, -0.25) is 14.4 Å². The molecule has 2 aliphatic rings. The number of ether oxygens (including phenoxy) is 1. The number of nitrogens with zero attached hydrogens (tertiary/aromatic N) is 1. The van der Waals surface area contributed by atoms with Crippen LogP contribution in [0, 0.1) is 24.2 Å². The lowest BCUT2D eigenvalue weighted by molar-refractivity contribution is -0.143. The molecule has 192 valence electrons. The van der Waals surface area contributed by atoms with Gasteiger partial charge in [-0.15, -0.1) is 18.8 Å². The molecule has 2 atom stereocenters. The van der Waals surface area contributed by atoms with Crippen LogP contribution in [0.15, 0.2) is 30.3 Å². The Balaban J connectivity index is 0.00000432. The first-order chi connectivity index (χ1) is 16.5. The molecule has 0 unspecified atom stereocenters. The Morgan fingerprint density at radius 1 is 1.17 bits per heavy atom. The summed E-state index contributed by atoms with van der Waals surface area (Å²) in [5, 5.41) is 6.15. The summed E-state index contributed by atoms with van der Waals surface area (Å²) < 4.78 is 5.29. The summed E-state index contributed by atoms with van der Waals surface area (Å²) in [6.07, 6.45) is 11.3. The van der Waals surface area contributed by atoms with Crippen LogP contribution >= 0.6 is 12.4 Å². The molecule has 2 fully saturated rings. The molecule has 1 aromatic carbocycles. The molecule has 2 aliphatic heterocycles. The third-order valence-corrected chi connectivity index (χ3v) is 6.76. The highest BCUT2D eigenvalue weighted by Crippen LogP contribution is 2.21. The molecule has 0 saturated carbocycles. The minimum atomic E-state index is -0.720. The van der Waals surface area contributed by atoms with Gasteiger partial charge in [0.1, 0.15) is 6.04 Å². The fraction of sp³-hybridized carbons (Fsp3) is 0.593. The zero-order chi connectivity index (χ0) is 24.2. The van der Waals surface area contributed by atoms with Crippen LogP contribution in [-0.2, 0) is 25.5 Å². The van der Waals surface area contributed by atoms with Crippen molar-refractivity contribution in [2.24, 2.45) is 11.8 Å². The highest BCUT2D eigenvalue weighted by Gasteiger charge is 2.30. The van der Waals surface area contributed by atoms with Gasteiger partial charge in [-0.1, -0.05) is 36.3 Å². The smallest absolute Gasteiger partial charge is 0.308 e. The molecule has 0 bridgehead atoms. The molecule has 2 amide bonds. The lowest BCUT2D eigenvalue weighted by Crippen LogP contribution is -2.47. The van der Waals surface area contributed by atoms with E-state index >= 15 is 0 Å². The zero-order valence-electron chi connectivity index (χ0n) is 20.4. The van der Waals surface area contributed by atoms with Gasteiger partial charge in [-0.2, -0.15) is 0 Å². The molecule has 2 N–H and O–H groups in total. The van der Waals surface area contributed by atoms with Crippen molar-refractivity contribution in [1.82, 2.24) is 15.5 Å². The van der Waals surface area contributed by atoms with E-state index in [0.29, 0.717) is 38.3 Å². The van der Waals surface area contributed by atoms with E-state index in [1.807, 2.05) is 35.2 Å². The fourth-order valence-corrected chi connectivity index (χ4v) is 4.67.